The maximum atomic E-state index is 9.12. The molecule has 4 N–H and O–H groups in total. The van der Waals surface area contributed by atoms with Crippen LogP contribution >= 0.6 is 0 Å². The lowest BCUT2D eigenvalue weighted by Crippen LogP contribution is -2.54. The van der Waals surface area contributed by atoms with Gasteiger partial charge in [-0.1, -0.05) is 5.16 Å². The molecule has 0 aromatic carbocycles. The highest BCUT2D eigenvalue weighted by atomic mass is 16.5. The van der Waals surface area contributed by atoms with Gasteiger partial charge in [0.1, 0.15) is 5.76 Å². The van der Waals surface area contributed by atoms with Crippen LogP contribution in [0.15, 0.2) is 4.52 Å². The zero-order valence-electron chi connectivity index (χ0n) is 9.53. The van der Waals surface area contributed by atoms with Crippen molar-refractivity contribution in [2.24, 2.45) is 0 Å². The smallest absolute Gasteiger partial charge is 0.138 e. The third-order valence-corrected chi connectivity index (χ3v) is 2.73. The molecule has 0 amide bonds. The van der Waals surface area contributed by atoms with Gasteiger partial charge in [-0.15, -0.1) is 0 Å². The van der Waals surface area contributed by atoms with E-state index in [0.29, 0.717) is 12.3 Å². The predicted molar refractivity (Wildman–Crippen MR) is 56.8 cm³/mol. The first-order valence-corrected chi connectivity index (χ1v) is 5.08. The number of hydrogen-bond donors (Lipinski definition) is 4. The molecule has 0 atom stereocenters. The van der Waals surface area contributed by atoms with Crippen LogP contribution in [-0.4, -0.2) is 45.8 Å². The van der Waals surface area contributed by atoms with Crippen molar-refractivity contribution < 1.29 is 19.8 Å². The van der Waals surface area contributed by atoms with Gasteiger partial charge in [0.15, 0.2) is 0 Å². The summed E-state index contributed by atoms with van der Waals surface area (Å²) in [5, 5.41) is 34.1. The molecular weight excluding hydrogens is 212 g/mol. The lowest BCUT2D eigenvalue weighted by molar-refractivity contribution is 0.0412. The van der Waals surface area contributed by atoms with Crippen LogP contribution in [-0.2, 0) is 6.54 Å². The van der Waals surface area contributed by atoms with E-state index in [1.165, 1.54) is 0 Å². The summed E-state index contributed by atoms with van der Waals surface area (Å²) in [7, 11) is 0. The van der Waals surface area contributed by atoms with Crippen LogP contribution in [0.3, 0.4) is 0 Å². The van der Waals surface area contributed by atoms with E-state index in [2.05, 4.69) is 10.5 Å². The van der Waals surface area contributed by atoms with Crippen molar-refractivity contribution in [1.29, 1.82) is 0 Å². The average molecular weight is 230 g/mol. The van der Waals surface area contributed by atoms with Crippen LogP contribution in [0.5, 0.6) is 0 Å². The Hall–Kier alpha value is -0.950. The van der Waals surface area contributed by atoms with Gasteiger partial charge in [0, 0.05) is 12.1 Å². The quantitative estimate of drug-likeness (QED) is 0.505. The Kier molecular flexibility index (Phi) is 4.43. The number of aromatic nitrogens is 1. The van der Waals surface area contributed by atoms with E-state index in [-0.39, 0.29) is 19.8 Å². The largest absolute Gasteiger partial charge is 0.394 e. The molecule has 0 aliphatic rings. The predicted octanol–water partition coefficient (Wildman–Crippen LogP) is -0.903. The Bertz CT molecular complexity index is 306. The minimum Gasteiger partial charge on any atom is -0.394 e. The molecule has 1 heterocycles. The van der Waals surface area contributed by atoms with E-state index in [1.54, 1.807) is 6.92 Å². The molecule has 1 aromatic heterocycles. The van der Waals surface area contributed by atoms with Crippen LogP contribution in [0.25, 0.3) is 0 Å². The Balaban J connectivity index is 2.69. The first kappa shape index (κ1) is 13.1. The molecule has 0 saturated heterocycles. The normalized spacial score (nSPS) is 12.1. The van der Waals surface area contributed by atoms with Crippen LogP contribution in [0.1, 0.15) is 17.0 Å². The molecule has 0 fully saturated rings. The molecule has 0 aliphatic heterocycles. The molecule has 0 spiro atoms. The summed E-state index contributed by atoms with van der Waals surface area (Å²) < 4.78 is 4.98. The van der Waals surface area contributed by atoms with Crippen LogP contribution in [0.2, 0.25) is 0 Å². The van der Waals surface area contributed by atoms with Crippen LogP contribution < -0.4 is 5.32 Å². The maximum Gasteiger partial charge on any atom is 0.138 e. The van der Waals surface area contributed by atoms with Crippen molar-refractivity contribution in [3.63, 3.8) is 0 Å². The molecule has 0 bridgehead atoms. The van der Waals surface area contributed by atoms with E-state index >= 15 is 0 Å². The molecule has 0 saturated carbocycles. The molecule has 0 aliphatic carbocycles. The summed E-state index contributed by atoms with van der Waals surface area (Å²) in [6.45, 7) is 2.94. The minimum atomic E-state index is -1.07. The molecule has 1 aromatic rings. The second-order valence-electron chi connectivity index (χ2n) is 3.91. The van der Waals surface area contributed by atoms with E-state index < -0.39 is 5.54 Å². The second kappa shape index (κ2) is 5.40. The van der Waals surface area contributed by atoms with Crippen LogP contribution in [0.4, 0.5) is 0 Å². The Labute approximate surface area is 93.9 Å². The first-order valence-electron chi connectivity index (χ1n) is 5.08. The maximum absolute atomic E-state index is 9.12. The monoisotopic (exact) mass is 230 g/mol. The highest BCUT2D eigenvalue weighted by Crippen LogP contribution is 2.13. The number of aliphatic hydroxyl groups is 3. The van der Waals surface area contributed by atoms with Crippen LogP contribution in [0, 0.1) is 13.8 Å². The van der Waals surface area contributed by atoms with E-state index in [9.17, 15) is 0 Å². The molecule has 0 radical (unpaired) electrons. The molecule has 6 heteroatoms. The van der Waals surface area contributed by atoms with E-state index in [1.807, 2.05) is 6.92 Å². The van der Waals surface area contributed by atoms with Gasteiger partial charge in [-0.25, -0.2) is 0 Å². The summed E-state index contributed by atoms with van der Waals surface area (Å²) in [5.41, 5.74) is 0.559. The van der Waals surface area contributed by atoms with Gasteiger partial charge in [0.05, 0.1) is 31.1 Å². The number of aryl methyl sites for hydroxylation is 2. The third-order valence-electron chi connectivity index (χ3n) is 2.73. The number of rotatable bonds is 6. The van der Waals surface area contributed by atoms with Crippen molar-refractivity contribution in [2.45, 2.75) is 25.9 Å². The molecule has 6 nitrogen and oxygen atoms in total. The third kappa shape index (κ3) is 2.59. The molecule has 16 heavy (non-hydrogen) atoms. The van der Waals surface area contributed by atoms with Crippen molar-refractivity contribution in [3.05, 3.63) is 17.0 Å². The summed E-state index contributed by atoms with van der Waals surface area (Å²) in [5.74, 6) is 0.688. The average Bonchev–Trinajstić information content (AvgIpc) is 2.62. The fourth-order valence-electron chi connectivity index (χ4n) is 1.35. The number of hydrogen-bond acceptors (Lipinski definition) is 6. The second-order valence-corrected chi connectivity index (χ2v) is 3.91. The van der Waals surface area contributed by atoms with Gasteiger partial charge in [0.2, 0.25) is 0 Å². The Morgan fingerprint density at radius 1 is 1.19 bits per heavy atom. The number of aliphatic hydroxyl groups excluding tert-OH is 3. The summed E-state index contributed by atoms with van der Waals surface area (Å²) >= 11 is 0. The summed E-state index contributed by atoms with van der Waals surface area (Å²) in [4.78, 5) is 0. The molecule has 0 unspecified atom stereocenters. The molecular formula is C10H18N2O4. The SMILES string of the molecule is Cc1noc(C)c1CNC(CO)(CO)CO. The number of nitrogens with zero attached hydrogens (tertiary/aromatic N) is 1. The van der Waals surface area contributed by atoms with Gasteiger partial charge in [0.25, 0.3) is 0 Å². The Morgan fingerprint density at radius 2 is 1.75 bits per heavy atom. The summed E-state index contributed by atoms with van der Waals surface area (Å²) in [6.07, 6.45) is 0. The van der Waals surface area contributed by atoms with Gasteiger partial charge >= 0.3 is 0 Å². The highest BCUT2D eigenvalue weighted by molar-refractivity contribution is 5.20. The zero-order valence-corrected chi connectivity index (χ0v) is 9.53. The fourth-order valence-corrected chi connectivity index (χ4v) is 1.35. The van der Waals surface area contributed by atoms with Crippen molar-refractivity contribution in [1.82, 2.24) is 10.5 Å². The molecule has 1 rings (SSSR count). The van der Waals surface area contributed by atoms with E-state index in [0.717, 1.165) is 11.3 Å². The van der Waals surface area contributed by atoms with Gasteiger partial charge in [-0.05, 0) is 13.8 Å². The molecule has 92 valence electrons. The fraction of sp³-hybridized carbons (Fsp3) is 0.700. The zero-order chi connectivity index (χ0) is 12.2. The van der Waals surface area contributed by atoms with Crippen molar-refractivity contribution in [3.8, 4) is 0 Å². The van der Waals surface area contributed by atoms with Gasteiger partial charge in [-0.3, -0.25) is 0 Å². The topological polar surface area (TPSA) is 98.8 Å². The van der Waals surface area contributed by atoms with Crippen molar-refractivity contribution >= 4 is 0 Å². The van der Waals surface area contributed by atoms with Gasteiger partial charge in [-0.2, -0.15) is 0 Å². The lowest BCUT2D eigenvalue weighted by Gasteiger charge is -2.28. The standard InChI is InChI=1S/C10H18N2O4/c1-7-9(8(2)16-12-7)3-11-10(4-13,5-14)6-15/h11,13-15H,3-6H2,1-2H3. The van der Waals surface area contributed by atoms with Gasteiger partial charge < -0.3 is 25.2 Å². The lowest BCUT2D eigenvalue weighted by atomic mass is 10.0. The first-order chi connectivity index (χ1) is 7.58. The number of nitrogens with one attached hydrogen (secondary N) is 1. The Morgan fingerprint density at radius 3 is 2.12 bits per heavy atom. The van der Waals surface area contributed by atoms with Crippen molar-refractivity contribution in [2.75, 3.05) is 19.8 Å². The minimum absolute atomic E-state index is 0.344. The highest BCUT2D eigenvalue weighted by Gasteiger charge is 2.27. The summed E-state index contributed by atoms with van der Waals surface area (Å²) in [6, 6.07) is 0. The van der Waals surface area contributed by atoms with E-state index in [4.69, 9.17) is 19.8 Å².